The molecule has 0 aromatic heterocycles. The highest BCUT2D eigenvalue weighted by molar-refractivity contribution is 6.31. The second kappa shape index (κ2) is 7.25. The molecule has 0 atom stereocenters. The van der Waals surface area contributed by atoms with Gasteiger partial charge in [0.15, 0.2) is 0 Å². The number of hydrogen-bond acceptors (Lipinski definition) is 5. The van der Waals surface area contributed by atoms with Crippen molar-refractivity contribution in [2.75, 3.05) is 18.0 Å². The van der Waals surface area contributed by atoms with Crippen LogP contribution >= 0.6 is 11.6 Å². The van der Waals surface area contributed by atoms with Crippen molar-refractivity contribution in [3.8, 4) is 0 Å². The standard InChI is InChI=1S/C16H22ClN3O4/c1-16(2,3)24-15(21)18-12-6-8-19(9-7-12)14-10-11(17)4-5-13(14)20(22)23/h4-5,10,12H,6-9H2,1-3H3,(H,18,21). The Kier molecular flexibility index (Phi) is 5.54. The maximum Gasteiger partial charge on any atom is 0.407 e. The fourth-order valence-corrected chi connectivity index (χ4v) is 2.81. The van der Waals surface area contributed by atoms with E-state index in [1.165, 1.54) is 12.1 Å². The highest BCUT2D eigenvalue weighted by Crippen LogP contribution is 2.32. The highest BCUT2D eigenvalue weighted by Gasteiger charge is 2.27. The second-order valence-electron chi connectivity index (χ2n) is 6.80. The van der Waals surface area contributed by atoms with Gasteiger partial charge in [-0.2, -0.15) is 0 Å². The van der Waals surface area contributed by atoms with Crippen LogP contribution in [-0.4, -0.2) is 35.7 Å². The zero-order valence-electron chi connectivity index (χ0n) is 14.0. The molecular formula is C16H22ClN3O4. The average Bonchev–Trinajstić information content (AvgIpc) is 2.45. The first-order valence-corrected chi connectivity index (χ1v) is 8.22. The Balaban J connectivity index is 1.97. The highest BCUT2D eigenvalue weighted by atomic mass is 35.5. The third-order valence-corrected chi connectivity index (χ3v) is 3.93. The number of nitrogens with zero attached hydrogens (tertiary/aromatic N) is 2. The van der Waals surface area contributed by atoms with Crippen LogP contribution in [0.1, 0.15) is 33.6 Å². The zero-order chi connectivity index (χ0) is 17.9. The van der Waals surface area contributed by atoms with Gasteiger partial charge in [0, 0.05) is 30.2 Å². The summed E-state index contributed by atoms with van der Waals surface area (Å²) in [6.07, 6.45) is 0.931. The number of ether oxygens (including phenoxy) is 1. The minimum absolute atomic E-state index is 0.00524. The summed E-state index contributed by atoms with van der Waals surface area (Å²) in [7, 11) is 0. The molecule has 0 aliphatic carbocycles. The van der Waals surface area contributed by atoms with Crippen LogP contribution in [0, 0.1) is 10.1 Å². The Morgan fingerprint density at radius 3 is 2.54 bits per heavy atom. The molecule has 0 unspecified atom stereocenters. The van der Waals surface area contributed by atoms with Crippen molar-refractivity contribution in [2.24, 2.45) is 0 Å². The molecule has 0 saturated carbocycles. The van der Waals surface area contributed by atoms with Gasteiger partial charge in [-0.1, -0.05) is 11.6 Å². The molecular weight excluding hydrogens is 334 g/mol. The van der Waals surface area contributed by atoms with E-state index in [0.717, 1.165) is 0 Å². The molecule has 1 aromatic rings. The maximum atomic E-state index is 11.8. The van der Waals surface area contributed by atoms with Gasteiger partial charge < -0.3 is 15.0 Å². The molecule has 0 radical (unpaired) electrons. The molecule has 24 heavy (non-hydrogen) atoms. The van der Waals surface area contributed by atoms with Crippen molar-refractivity contribution in [1.29, 1.82) is 0 Å². The van der Waals surface area contributed by atoms with Gasteiger partial charge in [-0.15, -0.1) is 0 Å². The van der Waals surface area contributed by atoms with E-state index < -0.39 is 16.6 Å². The van der Waals surface area contributed by atoms with Crippen LogP contribution in [0.15, 0.2) is 18.2 Å². The summed E-state index contributed by atoms with van der Waals surface area (Å²) in [6.45, 7) is 6.64. The molecule has 0 bridgehead atoms. The van der Waals surface area contributed by atoms with Gasteiger partial charge in [0.05, 0.1) is 4.92 Å². The van der Waals surface area contributed by atoms with Crippen molar-refractivity contribution in [3.05, 3.63) is 33.3 Å². The number of alkyl carbamates (subject to hydrolysis) is 1. The van der Waals surface area contributed by atoms with Gasteiger partial charge in [-0.05, 0) is 45.7 Å². The van der Waals surface area contributed by atoms with E-state index in [0.29, 0.717) is 36.6 Å². The SMILES string of the molecule is CC(C)(C)OC(=O)NC1CCN(c2cc(Cl)ccc2[N+](=O)[O-])CC1. The normalized spacial score (nSPS) is 15.9. The van der Waals surface area contributed by atoms with E-state index in [2.05, 4.69) is 5.32 Å². The van der Waals surface area contributed by atoms with Crippen LogP contribution in [0.3, 0.4) is 0 Å². The number of benzene rings is 1. The fraction of sp³-hybridized carbons (Fsp3) is 0.562. The number of carbonyl (C=O) groups excluding carboxylic acids is 1. The Hall–Kier alpha value is -2.02. The van der Waals surface area contributed by atoms with Crippen molar-refractivity contribution in [2.45, 2.75) is 45.3 Å². The third-order valence-electron chi connectivity index (χ3n) is 3.69. The molecule has 1 saturated heterocycles. The molecule has 1 aliphatic rings. The lowest BCUT2D eigenvalue weighted by molar-refractivity contribution is -0.384. The van der Waals surface area contributed by atoms with Crippen LogP contribution in [0.2, 0.25) is 5.02 Å². The average molecular weight is 356 g/mol. The predicted octanol–water partition coefficient (Wildman–Crippen LogP) is 3.74. The van der Waals surface area contributed by atoms with E-state index in [-0.39, 0.29) is 11.7 Å². The molecule has 7 nitrogen and oxygen atoms in total. The number of amides is 1. The van der Waals surface area contributed by atoms with E-state index in [1.54, 1.807) is 6.07 Å². The van der Waals surface area contributed by atoms with Gasteiger partial charge in [0.2, 0.25) is 0 Å². The number of nitro benzene ring substituents is 1. The molecule has 132 valence electrons. The summed E-state index contributed by atoms with van der Waals surface area (Å²) in [6, 6.07) is 4.54. The number of rotatable bonds is 3. The summed E-state index contributed by atoms with van der Waals surface area (Å²) in [5.74, 6) is 0. The number of carbonyl (C=O) groups is 1. The fourth-order valence-electron chi connectivity index (χ4n) is 2.64. The van der Waals surface area contributed by atoms with Gasteiger partial charge >= 0.3 is 6.09 Å². The third kappa shape index (κ3) is 4.99. The number of halogens is 1. The maximum absolute atomic E-state index is 11.8. The molecule has 1 aliphatic heterocycles. The number of anilines is 1. The van der Waals surface area contributed by atoms with E-state index in [1.807, 2.05) is 25.7 Å². The lowest BCUT2D eigenvalue weighted by Gasteiger charge is -2.34. The summed E-state index contributed by atoms with van der Waals surface area (Å²) < 4.78 is 5.25. The second-order valence-corrected chi connectivity index (χ2v) is 7.23. The molecule has 1 amide bonds. The predicted molar refractivity (Wildman–Crippen MR) is 92.7 cm³/mol. The minimum atomic E-state index is -0.536. The largest absolute Gasteiger partial charge is 0.444 e. The van der Waals surface area contributed by atoms with Crippen LogP contribution in [-0.2, 0) is 4.74 Å². The van der Waals surface area contributed by atoms with Crippen molar-refractivity contribution in [1.82, 2.24) is 5.32 Å². The summed E-state index contributed by atoms with van der Waals surface area (Å²) >= 11 is 5.98. The summed E-state index contributed by atoms with van der Waals surface area (Å²) in [5, 5.41) is 14.5. The van der Waals surface area contributed by atoms with Gasteiger partial charge in [0.1, 0.15) is 11.3 Å². The smallest absolute Gasteiger partial charge is 0.407 e. The van der Waals surface area contributed by atoms with Crippen molar-refractivity contribution < 1.29 is 14.5 Å². The molecule has 1 aromatic carbocycles. The lowest BCUT2D eigenvalue weighted by Crippen LogP contribution is -2.46. The number of piperidine rings is 1. The minimum Gasteiger partial charge on any atom is -0.444 e. The van der Waals surface area contributed by atoms with E-state index in [9.17, 15) is 14.9 Å². The first-order chi connectivity index (χ1) is 11.2. The Morgan fingerprint density at radius 1 is 1.38 bits per heavy atom. The van der Waals surface area contributed by atoms with Gasteiger partial charge in [0.25, 0.3) is 5.69 Å². The van der Waals surface area contributed by atoms with Crippen molar-refractivity contribution in [3.63, 3.8) is 0 Å². The number of nitro groups is 1. The lowest BCUT2D eigenvalue weighted by atomic mass is 10.0. The van der Waals surface area contributed by atoms with Gasteiger partial charge in [-0.25, -0.2) is 4.79 Å². The molecule has 1 fully saturated rings. The summed E-state index contributed by atoms with van der Waals surface area (Å²) in [4.78, 5) is 24.5. The van der Waals surface area contributed by atoms with E-state index >= 15 is 0 Å². The number of hydrogen-bond donors (Lipinski definition) is 1. The first kappa shape index (κ1) is 18.3. The van der Waals surface area contributed by atoms with E-state index in [4.69, 9.17) is 16.3 Å². The molecule has 1 heterocycles. The Labute approximate surface area is 146 Å². The summed E-state index contributed by atoms with van der Waals surface area (Å²) in [5.41, 5.74) is 0.0211. The van der Waals surface area contributed by atoms with Crippen LogP contribution in [0.25, 0.3) is 0 Å². The van der Waals surface area contributed by atoms with Crippen LogP contribution in [0.4, 0.5) is 16.2 Å². The molecule has 2 rings (SSSR count). The monoisotopic (exact) mass is 355 g/mol. The molecule has 0 spiro atoms. The van der Waals surface area contributed by atoms with Crippen LogP contribution in [0.5, 0.6) is 0 Å². The topological polar surface area (TPSA) is 84.7 Å². The number of nitrogens with one attached hydrogen (secondary N) is 1. The first-order valence-electron chi connectivity index (χ1n) is 7.84. The quantitative estimate of drug-likeness (QED) is 0.659. The Morgan fingerprint density at radius 2 is 2.00 bits per heavy atom. The van der Waals surface area contributed by atoms with Gasteiger partial charge in [-0.3, -0.25) is 10.1 Å². The van der Waals surface area contributed by atoms with Crippen molar-refractivity contribution >= 4 is 29.1 Å². The molecule has 1 N–H and O–H groups in total. The Bertz CT molecular complexity index is 622. The van der Waals surface area contributed by atoms with Crippen LogP contribution < -0.4 is 10.2 Å². The zero-order valence-corrected chi connectivity index (χ0v) is 14.8. The molecule has 8 heteroatoms.